The van der Waals surface area contributed by atoms with Crippen molar-refractivity contribution in [2.45, 2.75) is 20.8 Å². The first-order chi connectivity index (χ1) is 26.5. The molecule has 0 unspecified atom stereocenters. The summed E-state index contributed by atoms with van der Waals surface area (Å²) in [7, 11) is 0. The van der Waals surface area contributed by atoms with Gasteiger partial charge >= 0.3 is 0 Å². The van der Waals surface area contributed by atoms with E-state index >= 15 is 0 Å². The van der Waals surface area contributed by atoms with Gasteiger partial charge in [-0.25, -0.2) is 0 Å². The molecule has 1 aromatic heterocycles. The Bertz CT molecular complexity index is 2970. The molecule has 9 aromatic carbocycles. The van der Waals surface area contributed by atoms with Crippen molar-refractivity contribution < 1.29 is 0 Å². The van der Waals surface area contributed by atoms with E-state index in [9.17, 15) is 0 Å². The molecule has 0 saturated heterocycles. The van der Waals surface area contributed by atoms with Crippen LogP contribution in [0.25, 0.3) is 93.5 Å². The minimum absolute atomic E-state index is 1.15. The van der Waals surface area contributed by atoms with Crippen LogP contribution < -0.4 is 0 Å². The highest BCUT2D eigenvalue weighted by atomic mass is 15.0. The molecule has 1 heterocycles. The van der Waals surface area contributed by atoms with E-state index in [4.69, 9.17) is 0 Å². The van der Waals surface area contributed by atoms with Crippen LogP contribution in [0.1, 0.15) is 16.7 Å². The van der Waals surface area contributed by atoms with E-state index < -0.39 is 0 Å². The second kappa shape index (κ2) is 12.8. The van der Waals surface area contributed by atoms with Crippen LogP contribution in [0.5, 0.6) is 0 Å². The summed E-state index contributed by atoms with van der Waals surface area (Å²) >= 11 is 0. The van der Waals surface area contributed by atoms with Crippen LogP contribution in [0.3, 0.4) is 0 Å². The molecule has 1 nitrogen and oxygen atoms in total. The van der Waals surface area contributed by atoms with E-state index in [1.165, 1.54) is 105 Å². The summed E-state index contributed by atoms with van der Waals surface area (Å²) in [4.78, 5) is 0. The van der Waals surface area contributed by atoms with Crippen molar-refractivity contribution in [3.8, 4) is 50.2 Å². The summed E-state index contributed by atoms with van der Waals surface area (Å²) in [6, 6.07) is 67.0. The first-order valence-corrected chi connectivity index (χ1v) is 18.8. The average molecular weight is 690 g/mol. The van der Waals surface area contributed by atoms with Gasteiger partial charge in [0.25, 0.3) is 0 Å². The van der Waals surface area contributed by atoms with E-state index in [1.807, 2.05) is 0 Å². The fraction of sp³-hybridized carbons (Fsp3) is 0.0566. The van der Waals surface area contributed by atoms with Crippen molar-refractivity contribution in [2.75, 3.05) is 0 Å². The normalized spacial score (nSPS) is 11.6. The minimum Gasteiger partial charge on any atom is -0.309 e. The minimum atomic E-state index is 1.15. The molecule has 0 saturated carbocycles. The van der Waals surface area contributed by atoms with Crippen LogP contribution in [0.2, 0.25) is 0 Å². The predicted octanol–water partition coefficient (Wildman–Crippen LogP) is 14.7. The number of aryl methyl sites for hydroxylation is 3. The average Bonchev–Trinajstić information content (AvgIpc) is 3.54. The molecule has 0 amide bonds. The van der Waals surface area contributed by atoms with Gasteiger partial charge in [-0.05, 0) is 134 Å². The molecular formula is C53H39N. The van der Waals surface area contributed by atoms with Gasteiger partial charge in [0, 0.05) is 16.5 Å². The summed E-state index contributed by atoms with van der Waals surface area (Å²) < 4.78 is 2.42. The fourth-order valence-electron chi connectivity index (χ4n) is 9.00. The SMILES string of the molecule is Cc1cc(C)c(-c2c3ccccc3c(-c3ccc(-n4c5ccccc5c5cc(-c6cccc(-c7ccccc7)c6)ccc54)cc3)c3ccccc23)c(C)c1. The first-order valence-electron chi connectivity index (χ1n) is 18.8. The van der Waals surface area contributed by atoms with Gasteiger partial charge in [0.05, 0.1) is 11.0 Å². The Labute approximate surface area is 316 Å². The van der Waals surface area contributed by atoms with Crippen molar-refractivity contribution in [1.29, 1.82) is 0 Å². The number of benzene rings is 9. The van der Waals surface area contributed by atoms with Crippen LogP contribution in [-0.2, 0) is 0 Å². The van der Waals surface area contributed by atoms with Gasteiger partial charge in [-0.2, -0.15) is 0 Å². The van der Waals surface area contributed by atoms with Crippen molar-refractivity contribution in [3.63, 3.8) is 0 Å². The molecule has 10 rings (SSSR count). The Hall–Kier alpha value is -6.70. The summed E-state index contributed by atoms with van der Waals surface area (Å²) in [5.41, 5.74) is 17.6. The molecule has 0 aliphatic heterocycles. The van der Waals surface area contributed by atoms with Crippen molar-refractivity contribution >= 4 is 43.4 Å². The van der Waals surface area contributed by atoms with Crippen molar-refractivity contribution in [1.82, 2.24) is 4.57 Å². The van der Waals surface area contributed by atoms with Gasteiger partial charge in [0.2, 0.25) is 0 Å². The number of nitrogens with zero attached hydrogens (tertiary/aromatic N) is 1. The van der Waals surface area contributed by atoms with E-state index in [2.05, 4.69) is 207 Å². The molecule has 0 radical (unpaired) electrons. The molecule has 0 atom stereocenters. The van der Waals surface area contributed by atoms with Gasteiger partial charge in [0.1, 0.15) is 0 Å². The molecule has 256 valence electrons. The Kier molecular flexibility index (Phi) is 7.56. The maximum Gasteiger partial charge on any atom is 0.0541 e. The van der Waals surface area contributed by atoms with Gasteiger partial charge in [-0.15, -0.1) is 0 Å². The number of para-hydroxylation sites is 1. The molecule has 0 bridgehead atoms. The number of fused-ring (bicyclic) bond motifs is 5. The molecule has 54 heavy (non-hydrogen) atoms. The lowest BCUT2D eigenvalue weighted by molar-refractivity contribution is 1.18. The Morgan fingerprint density at radius 1 is 0.296 bits per heavy atom. The molecule has 0 N–H and O–H groups in total. The third-order valence-corrected chi connectivity index (χ3v) is 11.2. The second-order valence-corrected chi connectivity index (χ2v) is 14.7. The summed E-state index contributed by atoms with van der Waals surface area (Å²) in [5.74, 6) is 0. The maximum absolute atomic E-state index is 2.42. The van der Waals surface area contributed by atoms with Crippen LogP contribution >= 0.6 is 0 Å². The topological polar surface area (TPSA) is 4.93 Å². The zero-order valence-electron chi connectivity index (χ0n) is 30.8. The van der Waals surface area contributed by atoms with Gasteiger partial charge in [-0.3, -0.25) is 0 Å². The Morgan fingerprint density at radius 3 is 1.43 bits per heavy atom. The lowest BCUT2D eigenvalue weighted by atomic mass is 9.83. The molecule has 0 spiro atoms. The third-order valence-electron chi connectivity index (χ3n) is 11.2. The lowest BCUT2D eigenvalue weighted by Crippen LogP contribution is -1.96. The smallest absolute Gasteiger partial charge is 0.0541 e. The predicted molar refractivity (Wildman–Crippen MR) is 232 cm³/mol. The summed E-state index contributed by atoms with van der Waals surface area (Å²) in [5, 5.41) is 7.65. The third kappa shape index (κ3) is 5.16. The monoisotopic (exact) mass is 689 g/mol. The first kappa shape index (κ1) is 32.0. The zero-order chi connectivity index (χ0) is 36.3. The molecule has 1 heteroatoms. The van der Waals surface area contributed by atoms with Gasteiger partial charge < -0.3 is 4.57 Å². The van der Waals surface area contributed by atoms with Gasteiger partial charge in [-0.1, -0.05) is 151 Å². The number of hydrogen-bond donors (Lipinski definition) is 0. The number of aromatic nitrogens is 1. The highest BCUT2D eigenvalue weighted by Gasteiger charge is 2.20. The Balaban J connectivity index is 1.12. The van der Waals surface area contributed by atoms with Crippen molar-refractivity contribution in [3.05, 3.63) is 199 Å². The molecule has 0 aliphatic carbocycles. The van der Waals surface area contributed by atoms with E-state index in [-0.39, 0.29) is 0 Å². The second-order valence-electron chi connectivity index (χ2n) is 14.7. The maximum atomic E-state index is 2.42. The van der Waals surface area contributed by atoms with E-state index in [0.29, 0.717) is 0 Å². The summed E-state index contributed by atoms with van der Waals surface area (Å²) in [6.07, 6.45) is 0. The quantitative estimate of drug-likeness (QED) is 0.159. The van der Waals surface area contributed by atoms with Crippen molar-refractivity contribution in [2.24, 2.45) is 0 Å². The van der Waals surface area contributed by atoms with E-state index in [1.54, 1.807) is 0 Å². The van der Waals surface area contributed by atoms with Crippen LogP contribution in [0.15, 0.2) is 182 Å². The molecule has 10 aromatic rings. The molecule has 0 aliphatic rings. The van der Waals surface area contributed by atoms with Gasteiger partial charge in [0.15, 0.2) is 0 Å². The van der Waals surface area contributed by atoms with Crippen LogP contribution in [-0.4, -0.2) is 4.57 Å². The lowest BCUT2D eigenvalue weighted by Gasteiger charge is -2.20. The standard InChI is InChI=1S/C53H39N/c1-34-30-35(2)51(36(3)31-34)53-46-21-9-7-19-44(46)52(45-20-8-10-22-47(45)53)38-24-27-42(28-25-38)54-49-23-12-11-18-43(49)48-33-41(26-29-50(48)54)40-17-13-16-39(32-40)37-14-5-4-6-15-37/h4-33H,1-3H3. The van der Waals surface area contributed by atoms with Crippen LogP contribution in [0, 0.1) is 20.8 Å². The fourth-order valence-corrected chi connectivity index (χ4v) is 9.00. The van der Waals surface area contributed by atoms with E-state index in [0.717, 1.165) is 5.69 Å². The molecular weight excluding hydrogens is 651 g/mol. The van der Waals surface area contributed by atoms with Crippen LogP contribution in [0.4, 0.5) is 0 Å². The highest BCUT2D eigenvalue weighted by molar-refractivity contribution is 6.22. The largest absolute Gasteiger partial charge is 0.309 e. The Morgan fingerprint density at radius 2 is 0.778 bits per heavy atom. The zero-order valence-corrected chi connectivity index (χ0v) is 30.8. The molecule has 0 fully saturated rings. The number of hydrogen-bond acceptors (Lipinski definition) is 0. The highest BCUT2D eigenvalue weighted by Crippen LogP contribution is 2.46. The number of rotatable bonds is 5. The summed E-state index contributed by atoms with van der Waals surface area (Å²) in [6.45, 7) is 6.70.